The maximum Gasteiger partial charge on any atom is 0.329 e. The molecule has 0 bridgehead atoms. The standard InChI is InChI=1S/C23H21N5O3S/c29-20-18-6-1-2-7-19(18)28(22(31)25-20)15-16-4-3-5-17(14-16)21(30)26-9-11-27(12-10-26)23-24-8-13-32-23/h1-8,13-14H,9-12,15H2,(H,25,29,31). The Hall–Kier alpha value is -3.72. The second-order valence-corrected chi connectivity index (χ2v) is 8.53. The van der Waals surface area contributed by atoms with Gasteiger partial charge in [0.2, 0.25) is 0 Å². The van der Waals surface area contributed by atoms with Crippen molar-refractivity contribution in [2.75, 3.05) is 31.1 Å². The van der Waals surface area contributed by atoms with E-state index in [9.17, 15) is 14.4 Å². The van der Waals surface area contributed by atoms with E-state index in [1.54, 1.807) is 47.9 Å². The third-order valence-electron chi connectivity index (χ3n) is 5.68. The summed E-state index contributed by atoms with van der Waals surface area (Å²) in [4.78, 5) is 48.4. The van der Waals surface area contributed by atoms with Crippen molar-refractivity contribution < 1.29 is 4.79 Å². The van der Waals surface area contributed by atoms with Crippen molar-refractivity contribution in [3.63, 3.8) is 0 Å². The number of aromatic amines is 1. The zero-order valence-corrected chi connectivity index (χ0v) is 18.0. The Bertz CT molecular complexity index is 1380. The van der Waals surface area contributed by atoms with E-state index in [0.29, 0.717) is 29.6 Å². The molecule has 2 aromatic carbocycles. The zero-order valence-electron chi connectivity index (χ0n) is 17.2. The number of piperazine rings is 1. The molecular weight excluding hydrogens is 426 g/mol. The molecule has 32 heavy (non-hydrogen) atoms. The molecule has 2 aromatic heterocycles. The minimum absolute atomic E-state index is 0.0238. The third-order valence-corrected chi connectivity index (χ3v) is 6.51. The van der Waals surface area contributed by atoms with Gasteiger partial charge in [-0.3, -0.25) is 19.1 Å². The molecular formula is C23H21N5O3S. The summed E-state index contributed by atoms with van der Waals surface area (Å²) >= 11 is 1.60. The SMILES string of the molecule is O=C(c1cccc(Cn2c(=O)[nH]c(=O)c3ccccc32)c1)N1CCN(c2nccs2)CC1. The lowest BCUT2D eigenvalue weighted by molar-refractivity contribution is 0.0746. The summed E-state index contributed by atoms with van der Waals surface area (Å²) in [6.45, 7) is 3.02. The molecule has 0 spiro atoms. The van der Waals surface area contributed by atoms with Gasteiger partial charge in [0.25, 0.3) is 11.5 Å². The number of aromatic nitrogens is 3. The molecule has 1 saturated heterocycles. The summed E-state index contributed by atoms with van der Waals surface area (Å²) in [5.41, 5.74) is 1.10. The molecule has 0 radical (unpaired) electrons. The molecule has 1 aliphatic heterocycles. The fourth-order valence-corrected chi connectivity index (χ4v) is 4.74. The molecule has 8 nitrogen and oxygen atoms in total. The monoisotopic (exact) mass is 447 g/mol. The number of nitrogens with one attached hydrogen (secondary N) is 1. The minimum atomic E-state index is -0.469. The van der Waals surface area contributed by atoms with Crippen molar-refractivity contribution in [1.82, 2.24) is 19.4 Å². The average molecular weight is 448 g/mol. The fraction of sp³-hybridized carbons (Fsp3) is 0.217. The van der Waals surface area contributed by atoms with E-state index < -0.39 is 11.2 Å². The summed E-state index contributed by atoms with van der Waals surface area (Å²) < 4.78 is 1.52. The first-order valence-corrected chi connectivity index (χ1v) is 11.2. The summed E-state index contributed by atoms with van der Waals surface area (Å²) in [6, 6.07) is 14.3. The van der Waals surface area contributed by atoms with Gasteiger partial charge in [0.1, 0.15) is 0 Å². The molecule has 4 aromatic rings. The molecule has 1 N–H and O–H groups in total. The lowest BCUT2D eigenvalue weighted by atomic mass is 10.1. The van der Waals surface area contributed by atoms with Crippen LogP contribution in [0, 0.1) is 0 Å². The lowest BCUT2D eigenvalue weighted by Crippen LogP contribution is -2.48. The molecule has 1 amide bonds. The molecule has 9 heteroatoms. The van der Waals surface area contributed by atoms with Crippen LogP contribution in [0.1, 0.15) is 15.9 Å². The largest absolute Gasteiger partial charge is 0.345 e. The van der Waals surface area contributed by atoms with Gasteiger partial charge in [-0.1, -0.05) is 24.3 Å². The van der Waals surface area contributed by atoms with Crippen LogP contribution < -0.4 is 16.1 Å². The normalized spacial score (nSPS) is 14.1. The Labute approximate surface area is 187 Å². The molecule has 162 valence electrons. The van der Waals surface area contributed by atoms with E-state index in [-0.39, 0.29) is 12.5 Å². The van der Waals surface area contributed by atoms with Gasteiger partial charge in [-0.15, -0.1) is 11.3 Å². The highest BCUT2D eigenvalue weighted by Gasteiger charge is 2.23. The van der Waals surface area contributed by atoms with Gasteiger partial charge >= 0.3 is 5.69 Å². The average Bonchev–Trinajstić information content (AvgIpc) is 3.37. The van der Waals surface area contributed by atoms with Crippen molar-refractivity contribution in [3.8, 4) is 0 Å². The molecule has 0 aliphatic carbocycles. The van der Waals surface area contributed by atoms with Crippen LogP contribution in [0.2, 0.25) is 0 Å². The molecule has 0 saturated carbocycles. The number of anilines is 1. The van der Waals surface area contributed by atoms with Gasteiger partial charge in [-0.05, 0) is 29.8 Å². The molecule has 1 fully saturated rings. The fourth-order valence-electron chi connectivity index (χ4n) is 4.04. The number of benzene rings is 2. The number of rotatable bonds is 4. The van der Waals surface area contributed by atoms with E-state index in [4.69, 9.17) is 0 Å². The number of hydrogen-bond acceptors (Lipinski definition) is 6. The third kappa shape index (κ3) is 3.82. The highest BCUT2D eigenvalue weighted by molar-refractivity contribution is 7.13. The maximum atomic E-state index is 13.1. The predicted molar refractivity (Wildman–Crippen MR) is 125 cm³/mol. The van der Waals surface area contributed by atoms with Crippen LogP contribution in [0.25, 0.3) is 10.9 Å². The zero-order chi connectivity index (χ0) is 22.1. The molecule has 3 heterocycles. The number of nitrogens with zero attached hydrogens (tertiary/aromatic N) is 4. The summed E-state index contributed by atoms with van der Waals surface area (Å²) in [5, 5.41) is 3.39. The van der Waals surface area contributed by atoms with Crippen LogP contribution in [-0.4, -0.2) is 51.5 Å². The molecule has 0 atom stereocenters. The Morgan fingerprint density at radius 2 is 1.84 bits per heavy atom. The van der Waals surface area contributed by atoms with Crippen molar-refractivity contribution in [3.05, 3.63) is 92.1 Å². The number of thiazole rings is 1. The van der Waals surface area contributed by atoms with Crippen LogP contribution in [0.15, 0.2) is 69.7 Å². The number of carbonyl (C=O) groups is 1. The van der Waals surface area contributed by atoms with Crippen LogP contribution in [0.4, 0.5) is 5.13 Å². The Kier molecular flexibility index (Phi) is 5.32. The number of carbonyl (C=O) groups excluding carboxylic acids is 1. The Morgan fingerprint density at radius 1 is 1.03 bits per heavy atom. The molecule has 0 unspecified atom stereocenters. The van der Waals surface area contributed by atoms with Gasteiger partial charge in [0.05, 0.1) is 17.4 Å². The van der Waals surface area contributed by atoms with Gasteiger partial charge in [0, 0.05) is 43.3 Å². The lowest BCUT2D eigenvalue weighted by Gasteiger charge is -2.34. The van der Waals surface area contributed by atoms with E-state index in [1.165, 1.54) is 4.57 Å². The molecule has 1 aliphatic rings. The Balaban J connectivity index is 1.36. The van der Waals surface area contributed by atoms with Crippen LogP contribution >= 0.6 is 11.3 Å². The second-order valence-electron chi connectivity index (χ2n) is 7.66. The summed E-state index contributed by atoms with van der Waals surface area (Å²) in [7, 11) is 0. The minimum Gasteiger partial charge on any atom is -0.345 e. The van der Waals surface area contributed by atoms with Gasteiger partial charge in [-0.2, -0.15) is 0 Å². The number of H-pyrrole nitrogens is 1. The topological polar surface area (TPSA) is 91.3 Å². The first kappa shape index (κ1) is 20.2. The van der Waals surface area contributed by atoms with Crippen LogP contribution in [0.3, 0.4) is 0 Å². The number of fused-ring (bicyclic) bond motifs is 1. The number of hydrogen-bond donors (Lipinski definition) is 1. The van der Waals surface area contributed by atoms with Crippen LogP contribution in [0.5, 0.6) is 0 Å². The number of amides is 1. The smallest absolute Gasteiger partial charge is 0.329 e. The predicted octanol–water partition coefficient (Wildman–Crippen LogP) is 2.16. The van der Waals surface area contributed by atoms with Crippen molar-refractivity contribution in [2.24, 2.45) is 0 Å². The summed E-state index contributed by atoms with van der Waals surface area (Å²) in [6.07, 6.45) is 1.79. The van der Waals surface area contributed by atoms with Crippen molar-refractivity contribution in [1.29, 1.82) is 0 Å². The van der Waals surface area contributed by atoms with E-state index in [0.717, 1.165) is 23.8 Å². The quantitative estimate of drug-likeness (QED) is 0.518. The van der Waals surface area contributed by atoms with Gasteiger partial charge < -0.3 is 9.80 Å². The summed E-state index contributed by atoms with van der Waals surface area (Å²) in [5.74, 6) is -0.0238. The maximum absolute atomic E-state index is 13.1. The Morgan fingerprint density at radius 3 is 2.62 bits per heavy atom. The van der Waals surface area contributed by atoms with Crippen LogP contribution in [-0.2, 0) is 6.54 Å². The second kappa shape index (κ2) is 8.43. The van der Waals surface area contributed by atoms with E-state index in [1.807, 2.05) is 28.5 Å². The molecule has 5 rings (SSSR count). The number of para-hydroxylation sites is 1. The van der Waals surface area contributed by atoms with Gasteiger partial charge in [0.15, 0.2) is 5.13 Å². The van der Waals surface area contributed by atoms with Crippen molar-refractivity contribution >= 4 is 33.3 Å². The van der Waals surface area contributed by atoms with Crippen molar-refractivity contribution in [2.45, 2.75) is 6.54 Å². The highest BCUT2D eigenvalue weighted by atomic mass is 32.1. The van der Waals surface area contributed by atoms with E-state index >= 15 is 0 Å². The highest BCUT2D eigenvalue weighted by Crippen LogP contribution is 2.20. The van der Waals surface area contributed by atoms with Gasteiger partial charge in [-0.25, -0.2) is 9.78 Å². The first-order valence-electron chi connectivity index (χ1n) is 10.3. The van der Waals surface area contributed by atoms with E-state index in [2.05, 4.69) is 14.9 Å². The first-order chi connectivity index (χ1) is 15.6.